The van der Waals surface area contributed by atoms with Gasteiger partial charge in [0.1, 0.15) is 10.5 Å². The van der Waals surface area contributed by atoms with Crippen molar-refractivity contribution < 1.29 is 27.5 Å². The number of ether oxygens (including phenoxy) is 1. The van der Waals surface area contributed by atoms with Crippen molar-refractivity contribution in [1.29, 1.82) is 0 Å². The molecule has 18 heteroatoms. The number of halogens is 4. The lowest BCUT2D eigenvalue weighted by Gasteiger charge is -2.41. The number of alkyl halides is 2. The van der Waals surface area contributed by atoms with Crippen molar-refractivity contribution in [2.75, 3.05) is 54.9 Å². The first-order valence-electron chi connectivity index (χ1n) is 21.9. The molecule has 332 valence electrons. The maximum absolute atomic E-state index is 16.2. The topological polar surface area (TPSA) is 152 Å². The number of carbonyl (C=O) groups is 2. The van der Waals surface area contributed by atoms with E-state index >= 15 is 13.2 Å². The van der Waals surface area contributed by atoms with Crippen molar-refractivity contribution in [3.63, 3.8) is 0 Å². The van der Waals surface area contributed by atoms with Gasteiger partial charge in [-0.2, -0.15) is 10.1 Å². The van der Waals surface area contributed by atoms with Crippen molar-refractivity contribution in [3.8, 4) is 5.75 Å². The number of hydrogen-bond acceptors (Lipinski definition) is 11. The molecular weight excluding hydrogens is 837 g/mol. The van der Waals surface area contributed by atoms with E-state index in [-0.39, 0.29) is 47.3 Å². The number of fused-ring (bicyclic) bond motifs is 4. The number of imide groups is 1. The van der Waals surface area contributed by atoms with E-state index in [1.807, 2.05) is 12.1 Å². The van der Waals surface area contributed by atoms with Crippen LogP contribution in [0.15, 0.2) is 41.3 Å². The molecule has 1 aliphatic carbocycles. The fourth-order valence-corrected chi connectivity index (χ4v) is 10.5. The molecule has 1 saturated carbocycles. The quantitative estimate of drug-likeness (QED) is 0.141. The first kappa shape index (κ1) is 41.6. The van der Waals surface area contributed by atoms with Crippen LogP contribution in [0.4, 0.5) is 36.3 Å². The second-order valence-electron chi connectivity index (χ2n) is 18.2. The first-order valence-corrected chi connectivity index (χ1v) is 22.3. The number of aryl methyl sites for hydroxylation is 2. The zero-order valence-electron chi connectivity index (χ0n) is 35.4. The summed E-state index contributed by atoms with van der Waals surface area (Å²) in [7, 11) is 3.30. The lowest BCUT2D eigenvalue weighted by molar-refractivity contribution is -0.134. The molecule has 4 aliphatic heterocycles. The molecule has 63 heavy (non-hydrogen) atoms. The van der Waals surface area contributed by atoms with Gasteiger partial charge in [-0.15, -0.1) is 0 Å². The fraction of sp³-hybridized carbons (Fsp3) is 0.511. The van der Waals surface area contributed by atoms with Crippen LogP contribution in [0, 0.1) is 23.6 Å². The molecule has 2 amide bonds. The molecule has 4 atom stereocenters. The molecule has 5 aromatic rings. The summed E-state index contributed by atoms with van der Waals surface area (Å²) in [5.41, 5.74) is 2.54. The lowest BCUT2D eigenvalue weighted by atomic mass is 9.84. The van der Waals surface area contributed by atoms with Crippen molar-refractivity contribution in [2.45, 2.75) is 75.7 Å². The number of pyridine rings is 1. The van der Waals surface area contributed by atoms with Gasteiger partial charge in [0.2, 0.25) is 23.5 Å². The average Bonchev–Trinajstić information content (AvgIpc) is 4.06. The second kappa shape index (κ2) is 16.0. The summed E-state index contributed by atoms with van der Waals surface area (Å²) >= 11 is 6.65. The number of carbonyl (C=O) groups excluding carboxylic acids is 2. The van der Waals surface area contributed by atoms with Crippen molar-refractivity contribution in [2.24, 2.45) is 31.8 Å². The van der Waals surface area contributed by atoms with Gasteiger partial charge in [-0.05, 0) is 99.0 Å². The van der Waals surface area contributed by atoms with E-state index in [9.17, 15) is 14.4 Å². The van der Waals surface area contributed by atoms with Gasteiger partial charge in [-0.3, -0.25) is 24.4 Å². The van der Waals surface area contributed by atoms with Gasteiger partial charge in [-0.1, -0.05) is 30.7 Å². The Morgan fingerprint density at radius 2 is 1.79 bits per heavy atom. The largest absolute Gasteiger partial charge is 0.480 e. The summed E-state index contributed by atoms with van der Waals surface area (Å²) in [5, 5.41) is 14.8. The van der Waals surface area contributed by atoms with Crippen LogP contribution in [0.1, 0.15) is 75.0 Å². The minimum absolute atomic E-state index is 0.0698. The Morgan fingerprint density at radius 3 is 2.54 bits per heavy atom. The number of amides is 2. The van der Waals surface area contributed by atoms with E-state index in [0.717, 1.165) is 52.0 Å². The van der Waals surface area contributed by atoms with Crippen LogP contribution in [0.25, 0.3) is 21.8 Å². The van der Waals surface area contributed by atoms with Crippen molar-refractivity contribution >= 4 is 68.4 Å². The fourth-order valence-electron chi connectivity index (χ4n) is 10.3. The highest BCUT2D eigenvalue weighted by Crippen LogP contribution is 2.46. The lowest BCUT2D eigenvalue weighted by Crippen LogP contribution is -2.45. The molecule has 7 heterocycles. The Morgan fingerprint density at radius 1 is 1.00 bits per heavy atom. The summed E-state index contributed by atoms with van der Waals surface area (Å²) < 4.78 is 55.0. The standard InChI is InChI=1S/C45H50ClF3N10O4/c1-23-20-59(17-14-26(23)21-58-15-12-24(13-16-58)28-7-8-29-36(55-57(3)38(29)35(28)47)30-9-11-34(60)52-42(30)61)44-50-19-32(46)41(54-44)51-27-6-10-33-31(18-27)37-39(43(62)56(33)2)63-22-45(48,49)40(53-37)25-4-5-25/h6-8,10,18-19,23-26,30,40,53H,4-5,9,11-17,20-22H2,1-3H3,(H,50,51,54)(H,52,60,61)/t23-,26-,30?,40-/m0/s1. The highest BCUT2D eigenvalue weighted by atomic mass is 35.5. The smallest absolute Gasteiger partial charge is 0.301 e. The highest BCUT2D eigenvalue weighted by molar-refractivity contribution is 6.33. The first-order chi connectivity index (χ1) is 30.2. The van der Waals surface area contributed by atoms with E-state index in [4.69, 9.17) is 21.3 Å². The molecule has 2 aromatic carbocycles. The molecule has 0 bridgehead atoms. The van der Waals surface area contributed by atoms with Gasteiger partial charge in [-0.25, -0.2) is 18.2 Å². The van der Waals surface area contributed by atoms with Crippen molar-refractivity contribution in [1.82, 2.24) is 34.5 Å². The number of rotatable bonds is 8. The Labute approximate surface area is 366 Å². The third-order valence-electron chi connectivity index (χ3n) is 14.1. The van der Waals surface area contributed by atoms with Gasteiger partial charge >= 0.3 is 5.92 Å². The SMILES string of the molecule is C[C@H]1CN(c2ncc(Cl)c(Nc3ccc4c(c3)c3c(c(=O)n4C)OCC(F)(F)[C@H](C4CC4)N3)n2)CC[C@H]1CN1CCC(c2ccc3c(C4CCC(=O)NC4=O)nn(C)c3c2F)CC1. The summed E-state index contributed by atoms with van der Waals surface area (Å²) in [4.78, 5) is 51.7. The van der Waals surface area contributed by atoms with E-state index in [1.54, 1.807) is 38.5 Å². The number of nitrogens with one attached hydrogen (secondary N) is 3. The van der Waals surface area contributed by atoms with Crippen molar-refractivity contribution in [3.05, 3.63) is 69.0 Å². The van der Waals surface area contributed by atoms with Gasteiger partial charge in [0, 0.05) is 56.6 Å². The van der Waals surface area contributed by atoms with Gasteiger partial charge in [0.15, 0.2) is 18.2 Å². The van der Waals surface area contributed by atoms with Gasteiger partial charge in [0.05, 0.1) is 35.1 Å². The molecule has 5 aliphatic rings. The van der Waals surface area contributed by atoms with Crippen LogP contribution in [0.5, 0.6) is 5.75 Å². The maximum atomic E-state index is 16.2. The van der Waals surface area contributed by atoms with Gasteiger partial charge < -0.3 is 29.7 Å². The van der Waals surface area contributed by atoms with Crippen LogP contribution < -0.4 is 31.1 Å². The van der Waals surface area contributed by atoms with Crippen LogP contribution in [0.3, 0.4) is 0 Å². The van der Waals surface area contributed by atoms with Crippen LogP contribution in [-0.4, -0.2) is 92.3 Å². The van der Waals surface area contributed by atoms with Crippen LogP contribution in [-0.2, 0) is 23.7 Å². The molecule has 14 nitrogen and oxygen atoms in total. The summed E-state index contributed by atoms with van der Waals surface area (Å²) in [6, 6.07) is 7.96. The Balaban J connectivity index is 0.784. The number of piperidine rings is 3. The predicted octanol–water partition coefficient (Wildman–Crippen LogP) is 6.83. The van der Waals surface area contributed by atoms with E-state index in [2.05, 4.69) is 42.8 Å². The third kappa shape index (κ3) is 7.64. The molecule has 4 fully saturated rings. The highest BCUT2D eigenvalue weighted by Gasteiger charge is 2.51. The molecule has 1 unspecified atom stereocenters. The molecule has 0 spiro atoms. The monoisotopic (exact) mass is 886 g/mol. The number of likely N-dealkylation sites (tertiary alicyclic amines) is 1. The van der Waals surface area contributed by atoms with Gasteiger partial charge in [0.25, 0.3) is 5.56 Å². The molecule has 0 radical (unpaired) electrons. The summed E-state index contributed by atoms with van der Waals surface area (Å²) in [6.45, 7) is 5.58. The van der Waals surface area contributed by atoms with E-state index in [1.165, 1.54) is 9.25 Å². The maximum Gasteiger partial charge on any atom is 0.301 e. The zero-order valence-corrected chi connectivity index (χ0v) is 36.2. The molecule has 3 saturated heterocycles. The number of nitrogens with zero attached hydrogens (tertiary/aromatic N) is 7. The Hall–Kier alpha value is -5.42. The predicted molar refractivity (Wildman–Crippen MR) is 234 cm³/mol. The Kier molecular flexibility index (Phi) is 10.5. The molecular formula is C45H50ClF3N10O4. The minimum Gasteiger partial charge on any atom is -0.480 e. The summed E-state index contributed by atoms with van der Waals surface area (Å²) in [5.74, 6) is -3.19. The van der Waals surface area contributed by atoms with Crippen LogP contribution in [0.2, 0.25) is 5.02 Å². The minimum atomic E-state index is -3.14. The second-order valence-corrected chi connectivity index (χ2v) is 18.6. The summed E-state index contributed by atoms with van der Waals surface area (Å²) in [6.07, 6.45) is 6.17. The average molecular weight is 887 g/mol. The molecule has 3 aromatic heterocycles. The Bertz CT molecular complexity index is 2720. The third-order valence-corrected chi connectivity index (χ3v) is 14.3. The van der Waals surface area contributed by atoms with E-state index < -0.39 is 30.0 Å². The normalized spacial score (nSPS) is 24.5. The number of hydrogen-bond donors (Lipinski definition) is 3. The zero-order chi connectivity index (χ0) is 43.9. The number of benzene rings is 2. The number of anilines is 4. The van der Waals surface area contributed by atoms with Crippen LogP contribution >= 0.6 is 11.6 Å². The van der Waals surface area contributed by atoms with E-state index in [0.29, 0.717) is 86.6 Å². The molecule has 10 rings (SSSR count). The molecule has 3 N–H and O–H groups in total. The number of aromatic nitrogens is 5.